The molecular weight excluding hydrogens is 432 g/mol. The van der Waals surface area contributed by atoms with E-state index in [1.807, 2.05) is 67.3 Å². The van der Waals surface area contributed by atoms with Crippen LogP contribution in [0.4, 0.5) is 5.69 Å². The predicted molar refractivity (Wildman–Crippen MR) is 137 cm³/mol. The molecule has 168 valence electrons. The average molecular weight is 459 g/mol. The number of ether oxygens (including phenoxy) is 1. The van der Waals surface area contributed by atoms with Gasteiger partial charge in [0.1, 0.15) is 5.75 Å². The van der Waals surface area contributed by atoms with Crippen molar-refractivity contribution < 1.29 is 4.74 Å². The fourth-order valence-electron chi connectivity index (χ4n) is 3.71. The van der Waals surface area contributed by atoms with E-state index in [1.165, 1.54) is 0 Å². The zero-order chi connectivity index (χ0) is 23.4. The molecule has 2 aromatic carbocycles. The number of nitrogens with one attached hydrogen (secondary N) is 2. The van der Waals surface area contributed by atoms with E-state index in [2.05, 4.69) is 21.4 Å². The van der Waals surface area contributed by atoms with Crippen LogP contribution in [0.3, 0.4) is 0 Å². The summed E-state index contributed by atoms with van der Waals surface area (Å²) in [4.78, 5) is 22.2. The van der Waals surface area contributed by atoms with Gasteiger partial charge in [-0.15, -0.1) is 0 Å². The summed E-state index contributed by atoms with van der Waals surface area (Å²) in [6, 6.07) is 17.5. The van der Waals surface area contributed by atoms with Gasteiger partial charge in [-0.2, -0.15) is 0 Å². The van der Waals surface area contributed by atoms with Gasteiger partial charge in [0.05, 0.1) is 19.2 Å². The number of hydrogen-bond acceptors (Lipinski definition) is 4. The Balaban J connectivity index is 1.66. The number of methoxy groups -OCH3 is 1. The highest BCUT2D eigenvalue weighted by atomic mass is 32.1. The number of aryl methyl sites for hydroxylation is 2. The Hall–Kier alpha value is -3.71. The Bertz CT molecular complexity index is 1350. The molecule has 0 radical (unpaired) electrons. The average Bonchev–Trinajstić information content (AvgIpc) is 2.83. The van der Waals surface area contributed by atoms with Gasteiger partial charge in [-0.05, 0) is 72.4 Å². The minimum atomic E-state index is -0.114. The minimum absolute atomic E-state index is 0.114. The molecule has 0 aliphatic carbocycles. The zero-order valence-corrected chi connectivity index (χ0v) is 19.7. The molecule has 2 aromatic heterocycles. The van der Waals surface area contributed by atoms with Gasteiger partial charge in [0.25, 0.3) is 5.56 Å². The number of rotatable bonds is 6. The van der Waals surface area contributed by atoms with Gasteiger partial charge in [-0.25, -0.2) is 0 Å². The first-order valence-electron chi connectivity index (χ1n) is 10.7. The van der Waals surface area contributed by atoms with Crippen molar-refractivity contribution >= 4 is 33.9 Å². The lowest BCUT2D eigenvalue weighted by molar-refractivity contribution is 0.410. The van der Waals surface area contributed by atoms with Crippen molar-refractivity contribution in [3.8, 4) is 5.75 Å². The molecule has 0 unspecified atom stereocenters. The second kappa shape index (κ2) is 9.83. The van der Waals surface area contributed by atoms with Crippen LogP contribution in [0.5, 0.6) is 5.75 Å². The topological polar surface area (TPSA) is 70.2 Å². The van der Waals surface area contributed by atoms with Crippen LogP contribution in [0, 0.1) is 13.8 Å². The monoisotopic (exact) mass is 458 g/mol. The molecule has 0 aliphatic rings. The summed E-state index contributed by atoms with van der Waals surface area (Å²) in [5.41, 5.74) is 5.44. The maximum Gasteiger partial charge on any atom is 0.253 e. The Morgan fingerprint density at radius 1 is 1.12 bits per heavy atom. The summed E-state index contributed by atoms with van der Waals surface area (Å²) in [7, 11) is 1.63. The van der Waals surface area contributed by atoms with Gasteiger partial charge in [0, 0.05) is 36.3 Å². The molecule has 0 amide bonds. The van der Waals surface area contributed by atoms with E-state index >= 15 is 0 Å². The first-order chi connectivity index (χ1) is 15.9. The maximum atomic E-state index is 13.0. The largest absolute Gasteiger partial charge is 0.497 e. The van der Waals surface area contributed by atoms with E-state index < -0.39 is 0 Å². The first kappa shape index (κ1) is 22.5. The highest BCUT2D eigenvalue weighted by molar-refractivity contribution is 7.80. The number of hydrogen-bond donors (Lipinski definition) is 2. The Morgan fingerprint density at radius 2 is 1.97 bits per heavy atom. The third-order valence-electron chi connectivity index (χ3n) is 5.69. The highest BCUT2D eigenvalue weighted by Crippen LogP contribution is 2.21. The summed E-state index contributed by atoms with van der Waals surface area (Å²) < 4.78 is 5.31. The molecular formula is C26H26N4O2S. The fourth-order valence-corrected chi connectivity index (χ4v) is 3.95. The number of fused-ring (bicyclic) bond motifs is 1. The molecule has 0 fully saturated rings. The van der Waals surface area contributed by atoms with Gasteiger partial charge >= 0.3 is 0 Å². The lowest BCUT2D eigenvalue weighted by Gasteiger charge is -2.26. The van der Waals surface area contributed by atoms with Crippen molar-refractivity contribution in [2.45, 2.75) is 26.9 Å². The van der Waals surface area contributed by atoms with Crippen molar-refractivity contribution in [1.82, 2.24) is 14.9 Å². The van der Waals surface area contributed by atoms with Crippen LogP contribution in [-0.2, 0) is 13.1 Å². The summed E-state index contributed by atoms with van der Waals surface area (Å²) in [5, 5.41) is 4.78. The molecule has 4 aromatic rings. The van der Waals surface area contributed by atoms with Gasteiger partial charge in [0.15, 0.2) is 5.11 Å². The van der Waals surface area contributed by atoms with E-state index in [0.717, 1.165) is 39.0 Å². The molecule has 0 atom stereocenters. The first-order valence-corrected chi connectivity index (χ1v) is 11.1. The van der Waals surface area contributed by atoms with Crippen LogP contribution < -0.4 is 15.6 Å². The van der Waals surface area contributed by atoms with E-state index in [-0.39, 0.29) is 5.56 Å². The van der Waals surface area contributed by atoms with Crippen LogP contribution in [0.1, 0.15) is 22.3 Å². The number of aromatic amines is 1. The van der Waals surface area contributed by atoms with Gasteiger partial charge in [0.2, 0.25) is 0 Å². The molecule has 0 aliphatic heterocycles. The maximum absolute atomic E-state index is 13.0. The van der Waals surface area contributed by atoms with Crippen LogP contribution in [0.15, 0.2) is 71.8 Å². The summed E-state index contributed by atoms with van der Waals surface area (Å²) in [6.07, 6.45) is 3.54. The SMILES string of the molecule is COc1cccc(NC(=S)N(Cc2cccnc2)Cc2cc3ccc(C)c(C)c3[nH]c2=O)c1. The number of H-pyrrole nitrogens is 1. The van der Waals surface area contributed by atoms with E-state index in [1.54, 1.807) is 19.5 Å². The summed E-state index contributed by atoms with van der Waals surface area (Å²) >= 11 is 5.75. The Kier molecular flexibility index (Phi) is 6.70. The molecule has 2 N–H and O–H groups in total. The van der Waals surface area contributed by atoms with Crippen molar-refractivity contribution in [3.05, 3.63) is 99.6 Å². The standard InChI is InChI=1S/C26H26N4O2S/c1-17-9-10-20-12-21(25(31)29-24(20)18(17)2)16-30(15-19-6-5-11-27-14-19)26(33)28-22-7-4-8-23(13-22)32-3/h4-14H,15-16H2,1-3H3,(H,28,33)(H,29,31). The molecule has 2 heterocycles. The van der Waals surface area contributed by atoms with Crippen molar-refractivity contribution in [2.75, 3.05) is 12.4 Å². The molecule has 6 nitrogen and oxygen atoms in total. The van der Waals surface area contributed by atoms with E-state index in [9.17, 15) is 4.79 Å². The lowest BCUT2D eigenvalue weighted by Crippen LogP contribution is -2.35. The van der Waals surface area contributed by atoms with Gasteiger partial charge in [-0.3, -0.25) is 9.78 Å². The Morgan fingerprint density at radius 3 is 2.73 bits per heavy atom. The number of benzene rings is 2. The van der Waals surface area contributed by atoms with Crippen LogP contribution in [0.2, 0.25) is 0 Å². The second-order valence-electron chi connectivity index (χ2n) is 7.97. The minimum Gasteiger partial charge on any atom is -0.497 e. The van der Waals surface area contributed by atoms with Crippen molar-refractivity contribution in [1.29, 1.82) is 0 Å². The third-order valence-corrected chi connectivity index (χ3v) is 6.05. The predicted octanol–water partition coefficient (Wildman–Crippen LogP) is 4.95. The number of aromatic nitrogens is 2. The molecule has 4 rings (SSSR count). The molecule has 0 spiro atoms. The third kappa shape index (κ3) is 5.21. The van der Waals surface area contributed by atoms with Crippen molar-refractivity contribution in [3.63, 3.8) is 0 Å². The number of nitrogens with zero attached hydrogens (tertiary/aromatic N) is 2. The Labute approximate surface area is 198 Å². The lowest BCUT2D eigenvalue weighted by atomic mass is 10.0. The van der Waals surface area contributed by atoms with Crippen LogP contribution >= 0.6 is 12.2 Å². The normalized spacial score (nSPS) is 10.8. The van der Waals surface area contributed by atoms with E-state index in [4.69, 9.17) is 17.0 Å². The van der Waals surface area contributed by atoms with Crippen LogP contribution in [0.25, 0.3) is 10.9 Å². The molecule has 33 heavy (non-hydrogen) atoms. The fraction of sp³-hybridized carbons (Fsp3) is 0.192. The smallest absolute Gasteiger partial charge is 0.253 e. The number of anilines is 1. The van der Waals surface area contributed by atoms with Crippen molar-refractivity contribution in [2.24, 2.45) is 0 Å². The number of pyridine rings is 2. The molecule has 7 heteroatoms. The van der Waals surface area contributed by atoms with Crippen LogP contribution in [-0.4, -0.2) is 27.1 Å². The van der Waals surface area contributed by atoms with Gasteiger partial charge < -0.3 is 19.9 Å². The second-order valence-corrected chi connectivity index (χ2v) is 8.36. The molecule has 0 saturated carbocycles. The quantitative estimate of drug-likeness (QED) is 0.399. The summed E-state index contributed by atoms with van der Waals surface area (Å²) in [6.45, 7) is 4.92. The summed E-state index contributed by atoms with van der Waals surface area (Å²) in [5.74, 6) is 0.734. The molecule has 0 saturated heterocycles. The number of thiocarbonyl (C=S) groups is 1. The van der Waals surface area contributed by atoms with Gasteiger partial charge in [-0.1, -0.05) is 24.3 Å². The highest BCUT2D eigenvalue weighted by Gasteiger charge is 2.15. The molecule has 0 bridgehead atoms. The van der Waals surface area contributed by atoms with E-state index in [0.29, 0.717) is 23.8 Å². The zero-order valence-electron chi connectivity index (χ0n) is 18.9.